The molecule has 2 unspecified atom stereocenters. The number of hydrogen-bond donors (Lipinski definition) is 2. The quantitative estimate of drug-likeness (QED) is 0.806. The van der Waals surface area contributed by atoms with Crippen molar-refractivity contribution >= 4 is 21.4 Å². The predicted octanol–water partition coefficient (Wildman–Crippen LogP) is 0.791. The second kappa shape index (κ2) is 5.59. The summed E-state index contributed by atoms with van der Waals surface area (Å²) in [6.45, 7) is 5.44. The Balaban J connectivity index is 2.35. The third kappa shape index (κ3) is 2.89. The Hall–Kier alpha value is -1.31. The number of sulfonamides is 1. The van der Waals surface area contributed by atoms with E-state index < -0.39 is 10.0 Å². The molecule has 0 aliphatic carbocycles. The highest BCUT2D eigenvalue weighted by Gasteiger charge is 2.25. The lowest BCUT2D eigenvalue weighted by Gasteiger charge is -2.39. The number of benzene rings is 1. The maximum absolute atomic E-state index is 11.8. The van der Waals surface area contributed by atoms with E-state index in [0.29, 0.717) is 12.3 Å². The number of nitrogens with two attached hydrogens (primary N) is 1. The fourth-order valence-electron chi connectivity index (χ4n) is 2.32. The first-order valence-corrected chi connectivity index (χ1v) is 8.05. The van der Waals surface area contributed by atoms with Crippen molar-refractivity contribution < 1.29 is 13.2 Å². The summed E-state index contributed by atoms with van der Waals surface area (Å²) in [5, 5.41) is 0. The molecule has 0 saturated carbocycles. The standard InChI is InChI=1S/C13H21N3O3S/c1-9-8-19-10(2)7-16(9)13-5-4-11(6-12(13)14)20(17,18)15-3/h4-6,9-10,15H,7-8,14H2,1-3H3. The van der Waals surface area contributed by atoms with E-state index >= 15 is 0 Å². The maximum Gasteiger partial charge on any atom is 0.240 e. The number of ether oxygens (including phenoxy) is 1. The van der Waals surface area contributed by atoms with E-state index in [9.17, 15) is 8.42 Å². The average Bonchev–Trinajstić information content (AvgIpc) is 2.41. The Bertz CT molecular complexity index is 589. The van der Waals surface area contributed by atoms with Crippen LogP contribution < -0.4 is 15.4 Å². The van der Waals surface area contributed by atoms with Crippen LogP contribution in [0.1, 0.15) is 13.8 Å². The zero-order chi connectivity index (χ0) is 14.9. The van der Waals surface area contributed by atoms with Crippen LogP contribution in [-0.4, -0.2) is 40.8 Å². The van der Waals surface area contributed by atoms with Crippen molar-refractivity contribution in [2.24, 2.45) is 0 Å². The van der Waals surface area contributed by atoms with Gasteiger partial charge in [-0.3, -0.25) is 0 Å². The van der Waals surface area contributed by atoms with Crippen molar-refractivity contribution in [1.82, 2.24) is 4.72 Å². The van der Waals surface area contributed by atoms with Gasteiger partial charge in [-0.15, -0.1) is 0 Å². The molecule has 1 aliphatic rings. The Morgan fingerprint density at radius 3 is 2.70 bits per heavy atom. The summed E-state index contributed by atoms with van der Waals surface area (Å²) < 4.78 is 31.4. The van der Waals surface area contributed by atoms with E-state index in [2.05, 4.69) is 16.5 Å². The number of rotatable bonds is 3. The summed E-state index contributed by atoms with van der Waals surface area (Å²) >= 11 is 0. The summed E-state index contributed by atoms with van der Waals surface area (Å²) in [5.74, 6) is 0. The zero-order valence-corrected chi connectivity index (χ0v) is 12.8. The zero-order valence-electron chi connectivity index (χ0n) is 12.0. The van der Waals surface area contributed by atoms with E-state index in [1.807, 2.05) is 6.92 Å². The summed E-state index contributed by atoms with van der Waals surface area (Å²) in [4.78, 5) is 2.33. The summed E-state index contributed by atoms with van der Waals surface area (Å²) in [5.41, 5.74) is 7.35. The van der Waals surface area contributed by atoms with Gasteiger partial charge < -0.3 is 15.4 Å². The topological polar surface area (TPSA) is 84.7 Å². The van der Waals surface area contributed by atoms with Gasteiger partial charge in [0.1, 0.15) is 0 Å². The molecular formula is C13H21N3O3S. The molecule has 1 fully saturated rings. The van der Waals surface area contributed by atoms with Gasteiger partial charge in [-0.2, -0.15) is 0 Å². The predicted molar refractivity (Wildman–Crippen MR) is 79.3 cm³/mol. The van der Waals surface area contributed by atoms with E-state index in [1.165, 1.54) is 13.1 Å². The van der Waals surface area contributed by atoms with Crippen LogP contribution in [0.15, 0.2) is 23.1 Å². The van der Waals surface area contributed by atoms with E-state index in [4.69, 9.17) is 10.5 Å². The van der Waals surface area contributed by atoms with Crippen LogP contribution in [0.2, 0.25) is 0 Å². The van der Waals surface area contributed by atoms with Crippen molar-refractivity contribution in [2.45, 2.75) is 30.9 Å². The van der Waals surface area contributed by atoms with Crippen LogP contribution in [0, 0.1) is 0 Å². The number of nitrogens with one attached hydrogen (secondary N) is 1. The minimum absolute atomic E-state index is 0.131. The molecule has 1 aliphatic heterocycles. The average molecular weight is 299 g/mol. The fraction of sp³-hybridized carbons (Fsp3) is 0.538. The number of nitrogens with zero attached hydrogens (tertiary/aromatic N) is 1. The molecule has 2 atom stereocenters. The summed E-state index contributed by atoms with van der Waals surface area (Å²) in [7, 11) is -2.09. The SMILES string of the molecule is CNS(=O)(=O)c1ccc(N2CC(C)OCC2C)c(N)c1. The van der Waals surface area contributed by atoms with Crippen molar-refractivity contribution in [3.63, 3.8) is 0 Å². The monoisotopic (exact) mass is 299 g/mol. The highest BCUT2D eigenvalue weighted by molar-refractivity contribution is 7.89. The van der Waals surface area contributed by atoms with Crippen LogP contribution in [-0.2, 0) is 14.8 Å². The molecular weight excluding hydrogens is 278 g/mol. The lowest BCUT2D eigenvalue weighted by molar-refractivity contribution is 0.0344. The molecule has 1 saturated heterocycles. The molecule has 20 heavy (non-hydrogen) atoms. The minimum Gasteiger partial charge on any atom is -0.397 e. The van der Waals surface area contributed by atoms with Gasteiger partial charge in [0.2, 0.25) is 10.0 Å². The molecule has 2 rings (SSSR count). The van der Waals surface area contributed by atoms with Crippen molar-refractivity contribution in [3.05, 3.63) is 18.2 Å². The maximum atomic E-state index is 11.8. The molecule has 0 radical (unpaired) electrons. The minimum atomic E-state index is -3.47. The molecule has 0 bridgehead atoms. The number of nitrogen functional groups attached to an aromatic ring is 1. The number of hydrogen-bond acceptors (Lipinski definition) is 5. The second-order valence-electron chi connectivity index (χ2n) is 5.07. The van der Waals surface area contributed by atoms with Crippen LogP contribution in [0.3, 0.4) is 0 Å². The largest absolute Gasteiger partial charge is 0.397 e. The smallest absolute Gasteiger partial charge is 0.240 e. The molecule has 1 heterocycles. The van der Waals surface area contributed by atoms with Gasteiger partial charge in [0.05, 0.1) is 29.0 Å². The Morgan fingerprint density at radius 2 is 2.10 bits per heavy atom. The molecule has 1 aromatic carbocycles. The number of morpholine rings is 1. The van der Waals surface area contributed by atoms with Crippen molar-refractivity contribution in [2.75, 3.05) is 30.8 Å². The third-order valence-corrected chi connectivity index (χ3v) is 4.91. The van der Waals surface area contributed by atoms with Crippen LogP contribution in [0.25, 0.3) is 0 Å². The van der Waals surface area contributed by atoms with Crippen LogP contribution >= 0.6 is 0 Å². The van der Waals surface area contributed by atoms with Gasteiger partial charge in [0.15, 0.2) is 0 Å². The molecule has 0 aromatic heterocycles. The van der Waals surface area contributed by atoms with Crippen molar-refractivity contribution in [3.8, 4) is 0 Å². The third-order valence-electron chi connectivity index (χ3n) is 3.50. The molecule has 112 valence electrons. The molecule has 6 nitrogen and oxygen atoms in total. The highest BCUT2D eigenvalue weighted by atomic mass is 32.2. The van der Waals surface area contributed by atoms with E-state index in [1.54, 1.807) is 12.1 Å². The first-order valence-electron chi connectivity index (χ1n) is 6.56. The molecule has 7 heteroatoms. The van der Waals surface area contributed by atoms with Gasteiger partial charge in [-0.25, -0.2) is 13.1 Å². The first-order chi connectivity index (χ1) is 9.35. The molecule has 0 amide bonds. The first kappa shape index (κ1) is 15.1. The van der Waals surface area contributed by atoms with Gasteiger partial charge in [0.25, 0.3) is 0 Å². The van der Waals surface area contributed by atoms with Crippen LogP contribution in [0.5, 0.6) is 0 Å². The molecule has 1 aromatic rings. The van der Waals surface area contributed by atoms with Crippen molar-refractivity contribution in [1.29, 1.82) is 0 Å². The normalized spacial score (nSPS) is 23.9. The van der Waals surface area contributed by atoms with Gasteiger partial charge in [-0.05, 0) is 39.1 Å². The second-order valence-corrected chi connectivity index (χ2v) is 6.96. The van der Waals surface area contributed by atoms with E-state index in [-0.39, 0.29) is 17.0 Å². The Labute approximate surface area is 120 Å². The number of anilines is 2. The summed E-state index contributed by atoms with van der Waals surface area (Å²) in [6, 6.07) is 5.03. The highest BCUT2D eigenvalue weighted by Crippen LogP contribution is 2.29. The Morgan fingerprint density at radius 1 is 1.40 bits per heavy atom. The lowest BCUT2D eigenvalue weighted by atomic mass is 10.1. The fourth-order valence-corrected chi connectivity index (χ4v) is 3.08. The van der Waals surface area contributed by atoms with Gasteiger partial charge >= 0.3 is 0 Å². The molecule has 0 spiro atoms. The van der Waals surface area contributed by atoms with Crippen LogP contribution in [0.4, 0.5) is 11.4 Å². The van der Waals surface area contributed by atoms with Gasteiger partial charge in [-0.1, -0.05) is 0 Å². The molecule has 3 N–H and O–H groups in total. The summed E-state index contributed by atoms with van der Waals surface area (Å²) in [6.07, 6.45) is 0.131. The lowest BCUT2D eigenvalue weighted by Crippen LogP contribution is -2.47. The van der Waals surface area contributed by atoms with E-state index in [0.717, 1.165) is 12.2 Å². The Kier molecular flexibility index (Phi) is 4.22. The van der Waals surface area contributed by atoms with Gasteiger partial charge in [0, 0.05) is 12.6 Å².